The van der Waals surface area contributed by atoms with Gasteiger partial charge in [0.05, 0.1) is 49.8 Å². The van der Waals surface area contributed by atoms with Crippen LogP contribution in [0.5, 0.6) is 0 Å². The maximum absolute atomic E-state index is 5.72. The van der Waals surface area contributed by atoms with E-state index in [1.807, 2.05) is 0 Å². The smallest absolute Gasteiger partial charge is 0.220 e. The largest absolute Gasteiger partial charge is 0.308 e. The van der Waals surface area contributed by atoms with E-state index in [2.05, 4.69) is 218 Å². The Morgan fingerprint density at radius 3 is 1.40 bits per heavy atom. The fraction of sp³-hybridized carbons (Fsp3) is 0. The molecule has 0 aliphatic carbocycles. The summed E-state index contributed by atoms with van der Waals surface area (Å²) in [6.07, 6.45) is 0. The lowest BCUT2D eigenvalue weighted by molar-refractivity contribution is 1.11. The normalized spacial score (nSPS) is 12.3. The van der Waals surface area contributed by atoms with Crippen LogP contribution in [0.1, 0.15) is 0 Å². The predicted octanol–water partition coefficient (Wildman–Crippen LogP) is 14.1. The Hall–Kier alpha value is -8.15. The van der Waals surface area contributed by atoms with Crippen LogP contribution in [0, 0.1) is 0 Å². The summed E-state index contributed by atoms with van der Waals surface area (Å²) in [5.74, 6) is 0.876. The molecule has 5 nitrogen and oxygen atoms in total. The fourth-order valence-electron chi connectivity index (χ4n) is 10.5. The molecular formula is C55H33N5. The molecule has 0 N–H and O–H groups in total. The van der Waals surface area contributed by atoms with Crippen molar-refractivity contribution in [2.24, 2.45) is 0 Å². The van der Waals surface area contributed by atoms with Gasteiger partial charge in [0.2, 0.25) is 5.78 Å². The van der Waals surface area contributed by atoms with Gasteiger partial charge in [0.25, 0.3) is 0 Å². The molecule has 0 fully saturated rings. The molecule has 14 aromatic rings. The van der Waals surface area contributed by atoms with Gasteiger partial charge < -0.3 is 8.97 Å². The van der Waals surface area contributed by atoms with Gasteiger partial charge in [-0.3, -0.25) is 8.97 Å². The van der Waals surface area contributed by atoms with Crippen LogP contribution in [0.15, 0.2) is 200 Å². The second-order valence-corrected chi connectivity index (χ2v) is 15.9. The van der Waals surface area contributed by atoms with Crippen molar-refractivity contribution >= 4 is 109 Å². The standard InChI is InChI=1S/C55H33N5/c1-2-17-34(18-3-1)57-50-33-43-38-22-7-5-20-36(38)35-19-4-6-21-37(35)39-23-8-14-29-46(39)59-47-30-15-11-26-42(47)51(53(43)59)54(50)60-49-32-16-31-48(52(49)56-55(57)60)58-44-27-12-9-24-40(44)41-25-10-13-28-45(41)58/h1-33H. The molecule has 0 spiro atoms. The van der Waals surface area contributed by atoms with Crippen LogP contribution in [0.4, 0.5) is 0 Å². The minimum atomic E-state index is 0.876. The Morgan fingerprint density at radius 2 is 0.767 bits per heavy atom. The van der Waals surface area contributed by atoms with E-state index in [0.717, 1.165) is 44.7 Å². The number of aromatic nitrogens is 5. The number of benzene rings is 9. The van der Waals surface area contributed by atoms with Gasteiger partial charge in [-0.25, -0.2) is 4.98 Å². The van der Waals surface area contributed by atoms with Crippen molar-refractivity contribution in [3.63, 3.8) is 0 Å². The Morgan fingerprint density at radius 1 is 0.300 bits per heavy atom. The van der Waals surface area contributed by atoms with Crippen LogP contribution in [0.25, 0.3) is 121 Å². The molecule has 5 heterocycles. The van der Waals surface area contributed by atoms with Crippen molar-refractivity contribution in [3.05, 3.63) is 200 Å². The fourth-order valence-corrected chi connectivity index (χ4v) is 10.5. The van der Waals surface area contributed by atoms with Crippen molar-refractivity contribution < 1.29 is 0 Å². The number of hydrogen-bond acceptors (Lipinski definition) is 1. The molecule has 9 aromatic carbocycles. The highest BCUT2D eigenvalue weighted by Crippen LogP contribution is 2.45. The molecule has 60 heavy (non-hydrogen) atoms. The van der Waals surface area contributed by atoms with Crippen molar-refractivity contribution in [2.45, 2.75) is 0 Å². The third-order valence-electron chi connectivity index (χ3n) is 12.9. The Bertz CT molecular complexity index is 4130. The van der Waals surface area contributed by atoms with E-state index >= 15 is 0 Å². The SMILES string of the molecule is c1ccc(-n2c3cc4c5ccccc5c5ccccc5c5ccccc5n5c6ccccc6c(c45)c3n3c4cccc(-n5c6ccccc6c6ccccc65)c4nc23)cc1. The zero-order valence-corrected chi connectivity index (χ0v) is 32.3. The van der Waals surface area contributed by atoms with E-state index in [0.29, 0.717) is 0 Å². The van der Waals surface area contributed by atoms with Gasteiger partial charge in [0, 0.05) is 38.0 Å². The molecule has 0 saturated carbocycles. The number of rotatable bonds is 2. The third kappa shape index (κ3) is 4.03. The molecule has 0 saturated heterocycles. The zero-order chi connectivity index (χ0) is 39.1. The monoisotopic (exact) mass is 763 g/mol. The number of para-hydroxylation sites is 6. The summed E-state index contributed by atoms with van der Waals surface area (Å²) in [7, 11) is 0. The van der Waals surface area contributed by atoms with Crippen LogP contribution >= 0.6 is 0 Å². The van der Waals surface area contributed by atoms with Crippen LogP contribution < -0.4 is 0 Å². The first kappa shape index (κ1) is 31.9. The van der Waals surface area contributed by atoms with Crippen molar-refractivity contribution in [2.75, 3.05) is 0 Å². The highest BCUT2D eigenvalue weighted by Gasteiger charge is 2.26. The predicted molar refractivity (Wildman–Crippen MR) is 251 cm³/mol. The topological polar surface area (TPSA) is 31.6 Å². The van der Waals surface area contributed by atoms with Gasteiger partial charge in [-0.1, -0.05) is 146 Å². The molecule has 5 heteroatoms. The van der Waals surface area contributed by atoms with Crippen molar-refractivity contribution in [1.82, 2.24) is 22.9 Å². The molecule has 0 atom stereocenters. The van der Waals surface area contributed by atoms with Gasteiger partial charge in [-0.2, -0.15) is 0 Å². The number of imidazole rings is 2. The summed E-state index contributed by atoms with van der Waals surface area (Å²) < 4.78 is 9.74. The van der Waals surface area contributed by atoms with Crippen LogP contribution in [0.2, 0.25) is 0 Å². The first-order valence-electron chi connectivity index (χ1n) is 20.6. The lowest BCUT2D eigenvalue weighted by Gasteiger charge is -2.10. The number of fused-ring (bicyclic) bond motifs is 19. The van der Waals surface area contributed by atoms with Crippen LogP contribution in [0.3, 0.4) is 0 Å². The summed E-state index contributed by atoms with van der Waals surface area (Å²) in [6, 6.07) is 73.0. The average Bonchev–Trinajstić information content (AvgIpc) is 4.05. The molecule has 0 radical (unpaired) electrons. The number of nitrogens with zero attached hydrogens (tertiary/aromatic N) is 5. The van der Waals surface area contributed by atoms with Crippen molar-refractivity contribution in [3.8, 4) is 11.4 Å². The summed E-state index contributed by atoms with van der Waals surface area (Å²) >= 11 is 0. The molecule has 0 aliphatic heterocycles. The quantitative estimate of drug-likeness (QED) is 0.173. The maximum Gasteiger partial charge on any atom is 0.220 e. The Kier molecular flexibility index (Phi) is 6.23. The van der Waals surface area contributed by atoms with E-state index in [9.17, 15) is 0 Å². The molecule has 0 unspecified atom stereocenters. The van der Waals surface area contributed by atoms with E-state index in [1.165, 1.54) is 75.9 Å². The van der Waals surface area contributed by atoms with Gasteiger partial charge in [-0.15, -0.1) is 0 Å². The summed E-state index contributed by atoms with van der Waals surface area (Å²) in [6.45, 7) is 0. The van der Waals surface area contributed by atoms with Crippen LogP contribution in [-0.2, 0) is 0 Å². The third-order valence-corrected chi connectivity index (χ3v) is 12.9. The van der Waals surface area contributed by atoms with E-state index < -0.39 is 0 Å². The molecule has 0 aliphatic rings. The van der Waals surface area contributed by atoms with E-state index in [4.69, 9.17) is 4.98 Å². The lowest BCUT2D eigenvalue weighted by atomic mass is 10.00. The summed E-state index contributed by atoms with van der Waals surface area (Å²) in [4.78, 5) is 5.72. The number of hydrogen-bond donors (Lipinski definition) is 0. The lowest BCUT2D eigenvalue weighted by Crippen LogP contribution is -1.97. The molecule has 5 aromatic heterocycles. The minimum absolute atomic E-state index is 0.876. The second kappa shape index (κ2) is 11.7. The molecule has 278 valence electrons. The first-order chi connectivity index (χ1) is 29.8. The van der Waals surface area contributed by atoms with Crippen molar-refractivity contribution in [1.29, 1.82) is 0 Å². The Labute approximate surface area is 342 Å². The van der Waals surface area contributed by atoms with Gasteiger partial charge in [-0.05, 0) is 76.1 Å². The maximum atomic E-state index is 5.72. The van der Waals surface area contributed by atoms with E-state index in [1.54, 1.807) is 0 Å². The Balaban J connectivity index is 1.29. The van der Waals surface area contributed by atoms with Gasteiger partial charge in [0.1, 0.15) is 5.52 Å². The summed E-state index contributed by atoms with van der Waals surface area (Å²) in [5.41, 5.74) is 12.2. The van der Waals surface area contributed by atoms with Gasteiger partial charge >= 0.3 is 0 Å². The summed E-state index contributed by atoms with van der Waals surface area (Å²) in [5, 5.41) is 12.1. The second-order valence-electron chi connectivity index (χ2n) is 15.9. The average molecular weight is 764 g/mol. The highest BCUT2D eigenvalue weighted by atomic mass is 15.2. The minimum Gasteiger partial charge on any atom is -0.308 e. The van der Waals surface area contributed by atoms with Gasteiger partial charge in [0.15, 0.2) is 0 Å². The highest BCUT2D eigenvalue weighted by molar-refractivity contribution is 6.31. The van der Waals surface area contributed by atoms with E-state index in [-0.39, 0.29) is 0 Å². The van der Waals surface area contributed by atoms with Crippen LogP contribution in [-0.4, -0.2) is 22.9 Å². The molecule has 0 bridgehead atoms. The molecule has 0 amide bonds. The first-order valence-corrected chi connectivity index (χ1v) is 20.6. The molecule has 14 rings (SSSR count). The molecular weight excluding hydrogens is 731 g/mol. The zero-order valence-electron chi connectivity index (χ0n) is 32.3.